The molecule has 3 rings (SSSR count). The standard InChI is InChI=1S/C22H30Cl2F2N4OS/c1-14-20(15(2)29(4)27-14)30(22(25)26)32(31)21-18(23)12-17(13-19(21)24)7-5-6-16-8-10-28(3)11-9-16/h12-13,16,22H,5-11H2,1-4H3. The predicted octanol–water partition coefficient (Wildman–Crippen LogP) is 5.76. The lowest BCUT2D eigenvalue weighted by atomic mass is 9.91. The van der Waals surface area contributed by atoms with Gasteiger partial charge in [-0.3, -0.25) is 4.68 Å². The fraction of sp³-hybridized carbons (Fsp3) is 0.591. The molecule has 1 aliphatic heterocycles. The van der Waals surface area contributed by atoms with Gasteiger partial charge in [0.05, 0.1) is 32.0 Å². The lowest BCUT2D eigenvalue weighted by Gasteiger charge is -2.28. The second kappa shape index (κ2) is 10.8. The number of piperidine rings is 1. The van der Waals surface area contributed by atoms with Gasteiger partial charge in [-0.1, -0.05) is 29.6 Å². The van der Waals surface area contributed by atoms with Crippen LogP contribution in [0.2, 0.25) is 10.0 Å². The normalized spacial score (nSPS) is 16.7. The van der Waals surface area contributed by atoms with E-state index in [1.807, 2.05) is 0 Å². The van der Waals surface area contributed by atoms with Crippen LogP contribution in [0, 0.1) is 19.8 Å². The van der Waals surface area contributed by atoms with E-state index in [0.717, 1.165) is 43.8 Å². The monoisotopic (exact) mass is 506 g/mol. The van der Waals surface area contributed by atoms with Crippen molar-refractivity contribution in [1.82, 2.24) is 14.7 Å². The Kier molecular flexibility index (Phi) is 8.58. The predicted molar refractivity (Wildman–Crippen MR) is 127 cm³/mol. The third kappa shape index (κ3) is 5.64. The van der Waals surface area contributed by atoms with E-state index in [1.165, 1.54) is 17.5 Å². The SMILES string of the molecule is Cc1nn(C)c(C)c1N(C(F)F)S(=O)c1c(Cl)cc(CCCC2CCN(C)CC2)cc1Cl. The van der Waals surface area contributed by atoms with Crippen LogP contribution in [-0.2, 0) is 24.5 Å². The molecule has 10 heteroatoms. The van der Waals surface area contributed by atoms with Gasteiger partial charge in [-0.05, 0) is 83.3 Å². The van der Waals surface area contributed by atoms with Crippen molar-refractivity contribution in [2.75, 3.05) is 24.4 Å². The Balaban J connectivity index is 1.76. The molecule has 1 atom stereocenters. The number of alkyl halides is 2. The van der Waals surface area contributed by atoms with Crippen LogP contribution < -0.4 is 4.31 Å². The summed E-state index contributed by atoms with van der Waals surface area (Å²) in [5, 5.41) is 4.43. The zero-order valence-electron chi connectivity index (χ0n) is 18.9. The smallest absolute Gasteiger partial charge is 0.306 e. The third-order valence-corrected chi connectivity index (χ3v) is 8.50. The number of aryl methyl sites for hydroxylation is 3. The lowest BCUT2D eigenvalue weighted by Crippen LogP contribution is -2.32. The summed E-state index contributed by atoms with van der Waals surface area (Å²) < 4.78 is 43.3. The molecule has 0 spiro atoms. The first-order chi connectivity index (χ1) is 15.1. The van der Waals surface area contributed by atoms with Gasteiger partial charge in [0.25, 0.3) is 0 Å². The van der Waals surface area contributed by atoms with Gasteiger partial charge >= 0.3 is 6.55 Å². The van der Waals surface area contributed by atoms with Crippen molar-refractivity contribution in [2.24, 2.45) is 13.0 Å². The van der Waals surface area contributed by atoms with Crippen LogP contribution in [0.1, 0.15) is 42.6 Å². The molecule has 1 unspecified atom stereocenters. The minimum atomic E-state index is -3.02. The van der Waals surface area contributed by atoms with Crippen LogP contribution in [0.5, 0.6) is 0 Å². The molecule has 0 N–H and O–H groups in total. The second-order valence-electron chi connectivity index (χ2n) is 8.52. The molecular weight excluding hydrogens is 477 g/mol. The summed E-state index contributed by atoms with van der Waals surface area (Å²) in [6, 6.07) is 3.39. The Morgan fingerprint density at radius 2 is 1.78 bits per heavy atom. The van der Waals surface area contributed by atoms with E-state index in [1.54, 1.807) is 33.0 Å². The minimum absolute atomic E-state index is 0.00430. The molecule has 1 saturated heterocycles. The van der Waals surface area contributed by atoms with Crippen molar-refractivity contribution in [2.45, 2.75) is 57.4 Å². The summed E-state index contributed by atoms with van der Waals surface area (Å²) in [5.74, 6) is 0.731. The summed E-state index contributed by atoms with van der Waals surface area (Å²) in [4.78, 5) is 2.35. The van der Waals surface area contributed by atoms with Crippen LogP contribution in [0.4, 0.5) is 14.5 Å². The van der Waals surface area contributed by atoms with Crippen LogP contribution >= 0.6 is 23.2 Å². The first-order valence-electron chi connectivity index (χ1n) is 10.8. The van der Waals surface area contributed by atoms with E-state index in [9.17, 15) is 13.0 Å². The fourth-order valence-corrected chi connectivity index (χ4v) is 6.45. The molecule has 1 fully saturated rings. The van der Waals surface area contributed by atoms with Crippen molar-refractivity contribution in [3.05, 3.63) is 39.1 Å². The van der Waals surface area contributed by atoms with Gasteiger partial charge < -0.3 is 4.90 Å². The highest BCUT2D eigenvalue weighted by Crippen LogP contribution is 2.37. The van der Waals surface area contributed by atoms with Crippen LogP contribution in [0.25, 0.3) is 0 Å². The molecule has 0 saturated carbocycles. The topological polar surface area (TPSA) is 41.4 Å². The van der Waals surface area contributed by atoms with Gasteiger partial charge in [0.15, 0.2) is 11.0 Å². The van der Waals surface area contributed by atoms with Crippen molar-refractivity contribution < 1.29 is 13.0 Å². The first kappa shape index (κ1) is 25.4. The van der Waals surface area contributed by atoms with Gasteiger partial charge in [-0.15, -0.1) is 0 Å². The molecule has 32 heavy (non-hydrogen) atoms. The molecule has 1 aromatic carbocycles. The zero-order chi connectivity index (χ0) is 23.6. The number of aromatic nitrogens is 2. The molecule has 2 aromatic rings. The first-order valence-corrected chi connectivity index (χ1v) is 12.6. The second-order valence-corrected chi connectivity index (χ2v) is 10.6. The Bertz CT molecular complexity index is 954. The van der Waals surface area contributed by atoms with E-state index >= 15 is 0 Å². The van der Waals surface area contributed by atoms with Crippen molar-refractivity contribution in [1.29, 1.82) is 0 Å². The van der Waals surface area contributed by atoms with E-state index < -0.39 is 17.5 Å². The highest BCUT2D eigenvalue weighted by molar-refractivity contribution is 7.86. The van der Waals surface area contributed by atoms with Gasteiger partial charge in [0.1, 0.15) is 0 Å². The molecule has 0 aliphatic carbocycles. The summed E-state index contributed by atoms with van der Waals surface area (Å²) in [6.07, 6.45) is 5.35. The van der Waals surface area contributed by atoms with Gasteiger partial charge in [0, 0.05) is 7.05 Å². The molecule has 1 aromatic heterocycles. The number of halogens is 4. The zero-order valence-corrected chi connectivity index (χ0v) is 21.2. The number of rotatable bonds is 8. The molecule has 0 bridgehead atoms. The quantitative estimate of drug-likeness (QED) is 0.427. The van der Waals surface area contributed by atoms with Crippen molar-refractivity contribution >= 4 is 39.9 Å². The largest absolute Gasteiger partial charge is 0.326 e. The van der Waals surface area contributed by atoms with Crippen molar-refractivity contribution in [3.63, 3.8) is 0 Å². The van der Waals surface area contributed by atoms with E-state index in [2.05, 4.69) is 17.0 Å². The third-order valence-electron chi connectivity index (χ3n) is 6.20. The number of nitrogens with zero attached hydrogens (tertiary/aromatic N) is 4. The summed E-state index contributed by atoms with van der Waals surface area (Å²) in [6.45, 7) is 2.52. The van der Waals surface area contributed by atoms with Crippen molar-refractivity contribution in [3.8, 4) is 0 Å². The van der Waals surface area contributed by atoms with Crippen LogP contribution in [-0.4, -0.2) is 45.6 Å². The van der Waals surface area contributed by atoms with Gasteiger partial charge in [0.2, 0.25) is 0 Å². The summed E-state index contributed by atoms with van der Waals surface area (Å²) >= 11 is 12.8. The number of likely N-dealkylation sites (tertiary alicyclic amines) is 1. The Morgan fingerprint density at radius 3 is 2.28 bits per heavy atom. The van der Waals surface area contributed by atoms with Gasteiger partial charge in [-0.25, -0.2) is 8.51 Å². The highest BCUT2D eigenvalue weighted by atomic mass is 35.5. The molecule has 5 nitrogen and oxygen atoms in total. The maximum absolute atomic E-state index is 14.0. The molecular formula is C22H30Cl2F2N4OS. The lowest BCUT2D eigenvalue weighted by molar-refractivity contribution is 0.163. The number of benzene rings is 1. The summed E-state index contributed by atoms with van der Waals surface area (Å²) in [5.41, 5.74) is 1.88. The van der Waals surface area contributed by atoms with E-state index in [0.29, 0.717) is 15.7 Å². The van der Waals surface area contributed by atoms with E-state index in [4.69, 9.17) is 23.2 Å². The number of anilines is 1. The average molecular weight is 507 g/mol. The number of hydrogen-bond acceptors (Lipinski definition) is 3. The maximum Gasteiger partial charge on any atom is 0.326 e. The maximum atomic E-state index is 14.0. The van der Waals surface area contributed by atoms with Gasteiger partial charge in [-0.2, -0.15) is 13.9 Å². The summed E-state index contributed by atoms with van der Waals surface area (Å²) in [7, 11) is 1.51. The molecule has 0 amide bonds. The van der Waals surface area contributed by atoms with Crippen LogP contribution in [0.3, 0.4) is 0 Å². The number of hydrogen-bond donors (Lipinski definition) is 0. The average Bonchev–Trinajstić information content (AvgIpc) is 2.95. The van der Waals surface area contributed by atoms with E-state index in [-0.39, 0.29) is 20.6 Å². The highest BCUT2D eigenvalue weighted by Gasteiger charge is 2.32. The molecule has 178 valence electrons. The van der Waals surface area contributed by atoms with Crippen LogP contribution in [0.15, 0.2) is 17.0 Å². The Hall–Kier alpha value is -1.22. The Labute approximate surface area is 201 Å². The Morgan fingerprint density at radius 1 is 1.19 bits per heavy atom. The minimum Gasteiger partial charge on any atom is -0.306 e. The molecule has 0 radical (unpaired) electrons. The molecule has 1 aliphatic rings. The fourth-order valence-electron chi connectivity index (χ4n) is 4.30. The molecule has 2 heterocycles.